The van der Waals surface area contributed by atoms with Gasteiger partial charge in [-0.3, -0.25) is 9.59 Å². The predicted octanol–water partition coefficient (Wildman–Crippen LogP) is 3.93. The molecule has 1 fully saturated rings. The van der Waals surface area contributed by atoms with E-state index in [0.717, 1.165) is 31.2 Å². The van der Waals surface area contributed by atoms with E-state index in [1.165, 1.54) is 7.05 Å². The number of benzene rings is 1. The van der Waals surface area contributed by atoms with Gasteiger partial charge in [-0.15, -0.1) is 0 Å². The van der Waals surface area contributed by atoms with Crippen LogP contribution in [0.25, 0.3) is 10.9 Å². The number of phenolic OH excluding ortho intramolecular Hbond substituents is 1. The lowest BCUT2D eigenvalue weighted by Crippen LogP contribution is -2.19. The Kier molecular flexibility index (Phi) is 6.26. The van der Waals surface area contributed by atoms with E-state index in [-0.39, 0.29) is 29.7 Å². The number of nitrogens with two attached hydrogens (primary N) is 1. The fourth-order valence-corrected chi connectivity index (χ4v) is 4.62. The third-order valence-electron chi connectivity index (χ3n) is 6.39. The highest BCUT2D eigenvalue weighted by Gasteiger charge is 2.24. The topological polar surface area (TPSA) is 119 Å². The summed E-state index contributed by atoms with van der Waals surface area (Å²) >= 11 is 0. The van der Waals surface area contributed by atoms with Crippen LogP contribution in [0.4, 0.5) is 5.82 Å². The molecule has 2 aromatic heterocycles. The lowest BCUT2D eigenvalue weighted by Gasteiger charge is -2.16. The number of hydrogen-bond acceptors (Lipinski definition) is 6. The third kappa shape index (κ3) is 4.25. The number of hydrogen-bond donors (Lipinski definition) is 3. The van der Waals surface area contributed by atoms with Crippen molar-refractivity contribution in [3.63, 3.8) is 0 Å². The largest absolute Gasteiger partial charge is 0.507 e. The summed E-state index contributed by atoms with van der Waals surface area (Å²) in [5.41, 5.74) is 9.29. The zero-order valence-electron chi connectivity index (χ0n) is 19.3. The van der Waals surface area contributed by atoms with E-state index in [1.807, 2.05) is 19.9 Å². The lowest BCUT2D eigenvalue weighted by atomic mass is 9.92. The summed E-state index contributed by atoms with van der Waals surface area (Å²) in [5.74, 6) is 0.726. The van der Waals surface area contributed by atoms with E-state index < -0.39 is 0 Å². The van der Waals surface area contributed by atoms with E-state index >= 15 is 0 Å². The Labute approximate surface area is 192 Å². The molecule has 0 aliphatic heterocycles. The van der Waals surface area contributed by atoms with Crippen LogP contribution >= 0.6 is 0 Å². The van der Waals surface area contributed by atoms with Crippen molar-refractivity contribution < 1.29 is 19.4 Å². The van der Waals surface area contributed by atoms with Crippen LogP contribution in [0.2, 0.25) is 0 Å². The van der Waals surface area contributed by atoms with Gasteiger partial charge in [0.05, 0.1) is 18.7 Å². The number of nitrogen functional groups attached to an aromatic ring is 1. The number of rotatable bonds is 7. The SMILES string of the molecule is CCOc1nc2cn(CC(=O)c3cc(C)c(O)c(C4CCCC4)c3)c(N)c2cc1C(=O)NC. The molecule has 0 atom stereocenters. The molecule has 33 heavy (non-hydrogen) atoms. The maximum Gasteiger partial charge on any atom is 0.256 e. The summed E-state index contributed by atoms with van der Waals surface area (Å²) in [6.45, 7) is 4.02. The first-order valence-corrected chi connectivity index (χ1v) is 11.3. The zero-order chi connectivity index (χ0) is 23.7. The fourth-order valence-electron chi connectivity index (χ4n) is 4.62. The molecule has 2 heterocycles. The maximum absolute atomic E-state index is 13.2. The molecule has 174 valence electrons. The van der Waals surface area contributed by atoms with Gasteiger partial charge in [-0.25, -0.2) is 4.98 Å². The van der Waals surface area contributed by atoms with Crippen molar-refractivity contribution in [3.05, 3.63) is 46.6 Å². The molecule has 1 saturated carbocycles. The first kappa shape index (κ1) is 22.6. The number of nitrogens with zero attached hydrogens (tertiary/aromatic N) is 2. The summed E-state index contributed by atoms with van der Waals surface area (Å²) in [4.78, 5) is 29.9. The third-order valence-corrected chi connectivity index (χ3v) is 6.39. The second-order valence-corrected chi connectivity index (χ2v) is 8.56. The van der Waals surface area contributed by atoms with Crippen LogP contribution in [0.3, 0.4) is 0 Å². The van der Waals surface area contributed by atoms with Gasteiger partial charge in [0, 0.05) is 24.2 Å². The fraction of sp³-hybridized carbons (Fsp3) is 0.400. The van der Waals surface area contributed by atoms with Crippen LogP contribution in [0.5, 0.6) is 11.6 Å². The molecule has 8 nitrogen and oxygen atoms in total. The van der Waals surface area contributed by atoms with Gasteiger partial charge in [0.2, 0.25) is 5.88 Å². The standard InChI is InChI=1S/C25H30N4O4/c1-4-33-25-19(24(32)27-3)11-18-20(28-25)12-29(23(18)26)13-21(30)16-9-14(2)22(31)17(10-16)15-7-5-6-8-15/h9-12,15,31H,4-8,13,26H2,1-3H3,(H,27,32). The van der Waals surface area contributed by atoms with Crippen molar-refractivity contribution in [1.29, 1.82) is 0 Å². The average Bonchev–Trinajstić information content (AvgIpc) is 3.43. The molecule has 1 aliphatic carbocycles. The molecule has 0 unspecified atom stereocenters. The molecule has 1 amide bonds. The normalized spacial score (nSPS) is 14.0. The van der Waals surface area contributed by atoms with E-state index in [1.54, 1.807) is 22.9 Å². The first-order valence-electron chi connectivity index (χ1n) is 11.3. The second kappa shape index (κ2) is 9.13. The highest BCUT2D eigenvalue weighted by atomic mass is 16.5. The molecule has 4 rings (SSSR count). The number of Topliss-reactive ketones (excluding diaryl/α,β-unsaturated/α-hetero) is 1. The van der Waals surface area contributed by atoms with Gasteiger partial charge >= 0.3 is 0 Å². The number of amides is 1. The van der Waals surface area contributed by atoms with Crippen LogP contribution in [0.15, 0.2) is 24.4 Å². The number of ketones is 1. The number of aryl methyl sites for hydroxylation is 1. The molecule has 8 heteroatoms. The number of pyridine rings is 1. The van der Waals surface area contributed by atoms with Crippen LogP contribution in [0.1, 0.15) is 70.4 Å². The van der Waals surface area contributed by atoms with Crippen molar-refractivity contribution in [2.24, 2.45) is 0 Å². The highest BCUT2D eigenvalue weighted by molar-refractivity contribution is 6.03. The van der Waals surface area contributed by atoms with Crippen LogP contribution in [-0.2, 0) is 6.54 Å². The molecule has 1 aromatic carbocycles. The number of anilines is 1. The van der Waals surface area contributed by atoms with E-state index in [4.69, 9.17) is 10.5 Å². The molecule has 3 aromatic rings. The van der Waals surface area contributed by atoms with Crippen LogP contribution < -0.4 is 15.8 Å². The molecular formula is C25H30N4O4. The molecule has 4 N–H and O–H groups in total. The van der Waals surface area contributed by atoms with Gasteiger partial charge in [0.1, 0.15) is 17.1 Å². The monoisotopic (exact) mass is 450 g/mol. The number of carbonyl (C=O) groups is 2. The minimum Gasteiger partial charge on any atom is -0.507 e. The molecule has 1 aliphatic rings. The van der Waals surface area contributed by atoms with Crippen molar-refractivity contribution in [1.82, 2.24) is 14.9 Å². The summed E-state index contributed by atoms with van der Waals surface area (Å²) in [6, 6.07) is 5.20. The van der Waals surface area contributed by atoms with Gasteiger partial charge in [0.25, 0.3) is 5.91 Å². The molecular weight excluding hydrogens is 420 g/mol. The Morgan fingerprint density at radius 1 is 1.27 bits per heavy atom. The Bertz CT molecular complexity index is 1230. The highest BCUT2D eigenvalue weighted by Crippen LogP contribution is 2.40. The van der Waals surface area contributed by atoms with E-state index in [2.05, 4.69) is 10.3 Å². The van der Waals surface area contributed by atoms with Crippen LogP contribution in [0, 0.1) is 6.92 Å². The Morgan fingerprint density at radius 2 is 2.00 bits per heavy atom. The second-order valence-electron chi connectivity index (χ2n) is 8.56. The van der Waals surface area contributed by atoms with E-state index in [0.29, 0.717) is 46.1 Å². The van der Waals surface area contributed by atoms with Crippen molar-refractivity contribution in [3.8, 4) is 11.6 Å². The minimum absolute atomic E-state index is 0.0236. The van der Waals surface area contributed by atoms with Crippen molar-refractivity contribution in [2.75, 3.05) is 19.4 Å². The van der Waals surface area contributed by atoms with Gasteiger partial charge in [-0.2, -0.15) is 0 Å². The van der Waals surface area contributed by atoms with Crippen molar-refractivity contribution >= 4 is 28.4 Å². The van der Waals surface area contributed by atoms with Gasteiger partial charge in [-0.05, 0) is 61.9 Å². The summed E-state index contributed by atoms with van der Waals surface area (Å²) < 4.78 is 7.18. The number of phenols is 1. The molecule has 0 spiro atoms. The summed E-state index contributed by atoms with van der Waals surface area (Å²) in [6.07, 6.45) is 6.04. The van der Waals surface area contributed by atoms with E-state index in [9.17, 15) is 14.7 Å². The Balaban J connectivity index is 1.68. The maximum atomic E-state index is 13.2. The lowest BCUT2D eigenvalue weighted by molar-refractivity contribution is 0.0955. The first-order chi connectivity index (χ1) is 15.8. The zero-order valence-corrected chi connectivity index (χ0v) is 19.3. The number of ether oxygens (including phenoxy) is 1. The Hall–Kier alpha value is -3.55. The van der Waals surface area contributed by atoms with Crippen LogP contribution in [-0.4, -0.2) is 40.0 Å². The number of aromatic hydroxyl groups is 1. The van der Waals surface area contributed by atoms with Crippen molar-refractivity contribution in [2.45, 2.75) is 52.0 Å². The number of fused-ring (bicyclic) bond motifs is 1. The molecule has 0 radical (unpaired) electrons. The summed E-state index contributed by atoms with van der Waals surface area (Å²) in [7, 11) is 1.54. The predicted molar refractivity (Wildman–Crippen MR) is 127 cm³/mol. The summed E-state index contributed by atoms with van der Waals surface area (Å²) in [5, 5.41) is 13.7. The number of carbonyl (C=O) groups excluding carboxylic acids is 2. The quantitative estimate of drug-likeness (QED) is 0.469. The van der Waals surface area contributed by atoms with Gasteiger partial charge in [0.15, 0.2) is 5.78 Å². The molecule has 0 saturated heterocycles. The van der Waals surface area contributed by atoms with Gasteiger partial charge < -0.3 is 25.5 Å². The average molecular weight is 451 g/mol. The smallest absolute Gasteiger partial charge is 0.256 e. The number of aromatic nitrogens is 2. The number of nitrogens with one attached hydrogen (secondary N) is 1. The minimum atomic E-state index is -0.324. The molecule has 0 bridgehead atoms. The Morgan fingerprint density at radius 3 is 2.67 bits per heavy atom. The van der Waals surface area contributed by atoms with Gasteiger partial charge in [-0.1, -0.05) is 12.8 Å².